The molecule has 1 aliphatic carbocycles. The predicted octanol–water partition coefficient (Wildman–Crippen LogP) is 14.2. The van der Waals surface area contributed by atoms with E-state index in [4.69, 9.17) is 4.42 Å². The second-order valence-corrected chi connectivity index (χ2v) is 14.8. The highest BCUT2D eigenvalue weighted by molar-refractivity contribution is 6.33. The molecular weight excluding hydrogens is 669 g/mol. The molecule has 0 saturated heterocycles. The molecule has 0 amide bonds. The number of fused-ring (bicyclic) bond motifs is 14. The van der Waals surface area contributed by atoms with Crippen LogP contribution in [0.1, 0.15) is 0 Å². The van der Waals surface area contributed by atoms with Crippen LogP contribution in [-0.2, 0) is 0 Å². The molecule has 0 spiro atoms. The van der Waals surface area contributed by atoms with E-state index in [1.165, 1.54) is 87.9 Å². The third kappa shape index (κ3) is 3.79. The normalized spacial score (nSPS) is 12.4. The Morgan fingerprint density at radius 1 is 0.309 bits per heavy atom. The summed E-state index contributed by atoms with van der Waals surface area (Å²) in [4.78, 5) is 0. The lowest BCUT2D eigenvalue weighted by Gasteiger charge is -2.13. The maximum atomic E-state index is 6.52. The van der Waals surface area contributed by atoms with E-state index in [9.17, 15) is 0 Å². The molecule has 0 fully saturated rings. The Balaban J connectivity index is 1.17. The maximum absolute atomic E-state index is 6.52. The van der Waals surface area contributed by atoms with Crippen molar-refractivity contribution in [3.05, 3.63) is 182 Å². The van der Waals surface area contributed by atoms with Gasteiger partial charge in [-0.05, 0) is 93.4 Å². The summed E-state index contributed by atoms with van der Waals surface area (Å²) in [6, 6.07) is 66.4. The third-order valence-electron chi connectivity index (χ3n) is 12.1. The summed E-state index contributed by atoms with van der Waals surface area (Å²) in [5.41, 5.74) is 16.5. The van der Waals surface area contributed by atoms with Crippen molar-refractivity contribution in [1.82, 2.24) is 9.13 Å². The van der Waals surface area contributed by atoms with Crippen molar-refractivity contribution in [1.29, 1.82) is 0 Å². The van der Waals surface area contributed by atoms with Gasteiger partial charge in [0.15, 0.2) is 0 Å². The largest absolute Gasteiger partial charge is 0.456 e. The molecule has 0 atom stereocenters. The molecule has 3 aromatic heterocycles. The lowest BCUT2D eigenvalue weighted by Crippen LogP contribution is -1.96. The van der Waals surface area contributed by atoms with Crippen LogP contribution >= 0.6 is 0 Å². The smallest absolute Gasteiger partial charge is 0.137 e. The molecule has 1 aliphatic rings. The minimum atomic E-state index is 0.895. The Morgan fingerprint density at radius 3 is 1.78 bits per heavy atom. The van der Waals surface area contributed by atoms with Gasteiger partial charge in [0.05, 0.1) is 33.1 Å². The molecule has 0 bridgehead atoms. The zero-order valence-electron chi connectivity index (χ0n) is 29.6. The van der Waals surface area contributed by atoms with Gasteiger partial charge in [-0.25, -0.2) is 0 Å². The molecule has 9 aromatic carbocycles. The molecule has 13 rings (SSSR count). The van der Waals surface area contributed by atoms with Crippen molar-refractivity contribution in [2.45, 2.75) is 0 Å². The number of aromatic nitrogens is 2. The molecule has 3 heterocycles. The van der Waals surface area contributed by atoms with E-state index < -0.39 is 0 Å². The molecule has 0 radical (unpaired) electrons. The molecule has 0 unspecified atom stereocenters. The first-order valence-corrected chi connectivity index (χ1v) is 18.9. The molecule has 0 aliphatic heterocycles. The molecule has 3 heteroatoms. The van der Waals surface area contributed by atoms with Gasteiger partial charge >= 0.3 is 0 Å². The fourth-order valence-electron chi connectivity index (χ4n) is 9.81. The molecule has 0 N–H and O–H groups in total. The lowest BCUT2D eigenvalue weighted by molar-refractivity contribution is 0.669. The number of nitrogens with zero attached hydrogens (tertiary/aromatic N) is 2. The molecule has 12 aromatic rings. The molecule has 55 heavy (non-hydrogen) atoms. The summed E-state index contributed by atoms with van der Waals surface area (Å²) in [6.07, 6.45) is 0. The zero-order valence-corrected chi connectivity index (χ0v) is 29.6. The van der Waals surface area contributed by atoms with Crippen LogP contribution in [0.4, 0.5) is 0 Å². The Hall–Kier alpha value is -7.36. The first-order chi connectivity index (χ1) is 27.3. The van der Waals surface area contributed by atoms with Crippen LogP contribution < -0.4 is 0 Å². The van der Waals surface area contributed by atoms with Gasteiger partial charge in [0.1, 0.15) is 11.2 Å². The number of hydrogen-bond donors (Lipinski definition) is 0. The van der Waals surface area contributed by atoms with E-state index >= 15 is 0 Å². The molecule has 3 nitrogen and oxygen atoms in total. The average Bonchev–Trinajstić information content (AvgIpc) is 3.99. The first-order valence-electron chi connectivity index (χ1n) is 18.9. The second kappa shape index (κ2) is 10.6. The SMILES string of the molecule is c1ccc(-c2ccc(-n3c4ccc5c(c6ccccc6n5-c5ccc6c7c(cccc57)-c5ccccc5-6)c4c4ccc5oc6ccccc6c5c43)cc2)cc1. The van der Waals surface area contributed by atoms with Crippen molar-refractivity contribution in [2.75, 3.05) is 0 Å². The quantitative estimate of drug-likeness (QED) is 0.180. The minimum absolute atomic E-state index is 0.895. The summed E-state index contributed by atoms with van der Waals surface area (Å²) in [5, 5.41) is 9.83. The van der Waals surface area contributed by atoms with Gasteiger partial charge in [0, 0.05) is 38.0 Å². The fraction of sp³-hybridized carbons (Fsp3) is 0. The third-order valence-corrected chi connectivity index (χ3v) is 12.1. The molecular formula is C52H30N2O. The van der Waals surface area contributed by atoms with Crippen molar-refractivity contribution < 1.29 is 4.42 Å². The highest BCUT2D eigenvalue weighted by Crippen LogP contribution is 2.50. The van der Waals surface area contributed by atoms with Crippen LogP contribution in [-0.4, -0.2) is 9.13 Å². The Labute approximate surface area is 315 Å². The molecule has 0 saturated carbocycles. The topological polar surface area (TPSA) is 23.0 Å². The van der Waals surface area contributed by atoms with Gasteiger partial charge in [-0.1, -0.05) is 127 Å². The van der Waals surface area contributed by atoms with Crippen LogP contribution in [0.3, 0.4) is 0 Å². The van der Waals surface area contributed by atoms with Crippen LogP contribution in [0, 0.1) is 0 Å². The highest BCUT2D eigenvalue weighted by atomic mass is 16.3. The first kappa shape index (κ1) is 29.1. The second-order valence-electron chi connectivity index (χ2n) is 14.8. The highest BCUT2D eigenvalue weighted by Gasteiger charge is 2.26. The van der Waals surface area contributed by atoms with Crippen molar-refractivity contribution >= 4 is 76.3 Å². The Kier molecular flexibility index (Phi) is 5.63. The van der Waals surface area contributed by atoms with Gasteiger partial charge in [0.2, 0.25) is 0 Å². The summed E-state index contributed by atoms with van der Waals surface area (Å²) < 4.78 is 11.5. The number of para-hydroxylation sites is 2. The summed E-state index contributed by atoms with van der Waals surface area (Å²) in [7, 11) is 0. The van der Waals surface area contributed by atoms with E-state index in [0.29, 0.717) is 0 Å². The van der Waals surface area contributed by atoms with Gasteiger partial charge < -0.3 is 13.6 Å². The van der Waals surface area contributed by atoms with Crippen molar-refractivity contribution in [2.24, 2.45) is 0 Å². The van der Waals surface area contributed by atoms with Gasteiger partial charge in [-0.3, -0.25) is 0 Å². The van der Waals surface area contributed by atoms with Gasteiger partial charge in [-0.15, -0.1) is 0 Å². The number of benzene rings is 9. The maximum Gasteiger partial charge on any atom is 0.137 e. The van der Waals surface area contributed by atoms with Crippen LogP contribution in [0.25, 0.3) is 121 Å². The Morgan fingerprint density at radius 2 is 0.945 bits per heavy atom. The van der Waals surface area contributed by atoms with E-state index in [0.717, 1.165) is 33.1 Å². The van der Waals surface area contributed by atoms with Crippen LogP contribution in [0.2, 0.25) is 0 Å². The standard InChI is InChI=1S/C52H30N2O/c1-2-11-31(12-3-1)32-21-23-33(24-22-32)53-44-28-29-45-49(50(44)41-26-30-47-51(52(41)53)40-16-7-9-20-46(40)55-47)39-15-6-8-19-42(39)54(45)43-27-25-37-35-14-5-4-13-34(35)36-17-10-18-38(43)48(36)37/h1-30H. The predicted molar refractivity (Wildman–Crippen MR) is 230 cm³/mol. The zero-order chi connectivity index (χ0) is 35.8. The van der Waals surface area contributed by atoms with E-state index in [1.54, 1.807) is 0 Å². The summed E-state index contributed by atoms with van der Waals surface area (Å²) >= 11 is 0. The summed E-state index contributed by atoms with van der Waals surface area (Å²) in [6.45, 7) is 0. The average molecular weight is 699 g/mol. The van der Waals surface area contributed by atoms with Crippen molar-refractivity contribution in [3.63, 3.8) is 0 Å². The number of rotatable bonds is 3. The van der Waals surface area contributed by atoms with E-state index in [2.05, 4.69) is 191 Å². The van der Waals surface area contributed by atoms with E-state index in [1.807, 2.05) is 0 Å². The van der Waals surface area contributed by atoms with E-state index in [-0.39, 0.29) is 0 Å². The molecule has 254 valence electrons. The summed E-state index contributed by atoms with van der Waals surface area (Å²) in [5.74, 6) is 0. The number of hydrogen-bond acceptors (Lipinski definition) is 1. The van der Waals surface area contributed by atoms with Crippen molar-refractivity contribution in [3.8, 4) is 44.8 Å². The van der Waals surface area contributed by atoms with Gasteiger partial charge in [0.25, 0.3) is 0 Å². The minimum Gasteiger partial charge on any atom is -0.456 e. The Bertz CT molecular complexity index is 3550. The fourth-order valence-corrected chi connectivity index (χ4v) is 9.81. The lowest BCUT2D eigenvalue weighted by atomic mass is 10.0. The number of furan rings is 1. The van der Waals surface area contributed by atoms with Crippen LogP contribution in [0.5, 0.6) is 0 Å². The van der Waals surface area contributed by atoms with Gasteiger partial charge in [-0.2, -0.15) is 0 Å². The monoisotopic (exact) mass is 698 g/mol. The van der Waals surface area contributed by atoms with Crippen LogP contribution in [0.15, 0.2) is 186 Å².